The predicted octanol–water partition coefficient (Wildman–Crippen LogP) is 1.55. The molecular formula is C10H12FN3OS. The SMILES string of the molecule is CN(C)C(=O)Nc1ccc(F)c(C(N)=S)c1. The standard InChI is InChI=1S/C10H12FN3OS/c1-14(2)10(15)13-6-3-4-8(11)7(5-6)9(12)16/h3-5H,1-2H3,(H2,12,16)(H,13,15). The number of nitrogens with two attached hydrogens (primary N) is 1. The van der Waals surface area contributed by atoms with Crippen molar-refractivity contribution < 1.29 is 9.18 Å². The number of anilines is 1. The van der Waals surface area contributed by atoms with Gasteiger partial charge in [0.2, 0.25) is 0 Å². The zero-order valence-corrected chi connectivity index (χ0v) is 9.77. The van der Waals surface area contributed by atoms with Gasteiger partial charge >= 0.3 is 6.03 Å². The highest BCUT2D eigenvalue weighted by atomic mass is 32.1. The first-order valence-corrected chi connectivity index (χ1v) is 4.90. The molecule has 0 heterocycles. The lowest BCUT2D eigenvalue weighted by atomic mass is 10.2. The van der Waals surface area contributed by atoms with E-state index in [9.17, 15) is 9.18 Å². The lowest BCUT2D eigenvalue weighted by Crippen LogP contribution is -2.27. The number of hydrogen-bond acceptors (Lipinski definition) is 2. The highest BCUT2D eigenvalue weighted by Gasteiger charge is 2.08. The van der Waals surface area contributed by atoms with Gasteiger partial charge < -0.3 is 16.0 Å². The van der Waals surface area contributed by atoms with E-state index in [1.54, 1.807) is 14.1 Å². The molecule has 0 saturated carbocycles. The third-order valence-electron chi connectivity index (χ3n) is 1.89. The van der Waals surface area contributed by atoms with Gasteiger partial charge in [-0.25, -0.2) is 9.18 Å². The van der Waals surface area contributed by atoms with Gasteiger partial charge in [0.05, 0.1) is 0 Å². The number of halogens is 1. The number of thiocarbonyl (C=S) groups is 1. The Kier molecular flexibility index (Phi) is 3.78. The molecule has 4 nitrogen and oxygen atoms in total. The number of rotatable bonds is 2. The molecule has 16 heavy (non-hydrogen) atoms. The van der Waals surface area contributed by atoms with Crippen molar-refractivity contribution in [1.82, 2.24) is 4.90 Å². The summed E-state index contributed by atoms with van der Waals surface area (Å²) in [5.41, 5.74) is 5.91. The molecule has 0 spiro atoms. The van der Waals surface area contributed by atoms with Crippen molar-refractivity contribution in [1.29, 1.82) is 0 Å². The fourth-order valence-corrected chi connectivity index (χ4v) is 1.18. The van der Waals surface area contributed by atoms with Crippen LogP contribution in [-0.4, -0.2) is 30.0 Å². The molecule has 0 aliphatic carbocycles. The van der Waals surface area contributed by atoms with E-state index < -0.39 is 5.82 Å². The zero-order chi connectivity index (χ0) is 12.3. The Morgan fingerprint density at radius 2 is 2.12 bits per heavy atom. The van der Waals surface area contributed by atoms with Crippen LogP contribution in [0.25, 0.3) is 0 Å². The zero-order valence-electron chi connectivity index (χ0n) is 8.95. The van der Waals surface area contributed by atoms with Crippen molar-refractivity contribution >= 4 is 28.9 Å². The lowest BCUT2D eigenvalue weighted by Gasteiger charge is -2.12. The minimum atomic E-state index is -0.504. The number of hydrogen-bond donors (Lipinski definition) is 2. The maximum atomic E-state index is 13.2. The van der Waals surface area contributed by atoms with Crippen LogP contribution in [-0.2, 0) is 0 Å². The Bertz CT molecular complexity index is 434. The van der Waals surface area contributed by atoms with E-state index in [2.05, 4.69) is 17.5 Å². The van der Waals surface area contributed by atoms with Crippen LogP contribution in [0.5, 0.6) is 0 Å². The van der Waals surface area contributed by atoms with Crippen LogP contribution in [0, 0.1) is 5.82 Å². The molecule has 6 heteroatoms. The summed E-state index contributed by atoms with van der Waals surface area (Å²) in [6.07, 6.45) is 0. The Morgan fingerprint density at radius 1 is 1.50 bits per heavy atom. The van der Waals surface area contributed by atoms with Crippen molar-refractivity contribution in [2.45, 2.75) is 0 Å². The maximum absolute atomic E-state index is 13.2. The van der Waals surface area contributed by atoms with Crippen LogP contribution in [0.3, 0.4) is 0 Å². The Morgan fingerprint density at radius 3 is 2.62 bits per heavy atom. The third-order valence-corrected chi connectivity index (χ3v) is 2.11. The Balaban J connectivity index is 2.95. The van der Waals surface area contributed by atoms with Gasteiger partial charge in [0, 0.05) is 25.3 Å². The second kappa shape index (κ2) is 4.89. The van der Waals surface area contributed by atoms with Gasteiger partial charge in [0.15, 0.2) is 0 Å². The van der Waals surface area contributed by atoms with Crippen LogP contribution < -0.4 is 11.1 Å². The van der Waals surface area contributed by atoms with Crippen LogP contribution in [0.2, 0.25) is 0 Å². The molecule has 0 unspecified atom stereocenters. The molecule has 0 atom stereocenters. The van der Waals surface area contributed by atoms with E-state index in [4.69, 9.17) is 5.73 Å². The molecule has 0 bridgehead atoms. The van der Waals surface area contributed by atoms with Crippen molar-refractivity contribution in [3.05, 3.63) is 29.6 Å². The largest absolute Gasteiger partial charge is 0.389 e. The third kappa shape index (κ3) is 2.90. The molecule has 0 fully saturated rings. The molecule has 0 radical (unpaired) electrons. The molecule has 86 valence electrons. The summed E-state index contributed by atoms with van der Waals surface area (Å²) in [5.74, 6) is -0.504. The number of nitrogens with zero attached hydrogens (tertiary/aromatic N) is 1. The molecule has 1 aromatic rings. The molecular weight excluding hydrogens is 229 g/mol. The monoisotopic (exact) mass is 241 g/mol. The molecule has 0 saturated heterocycles. The molecule has 3 N–H and O–H groups in total. The lowest BCUT2D eigenvalue weighted by molar-refractivity contribution is 0.230. The van der Waals surface area contributed by atoms with E-state index in [0.29, 0.717) is 5.69 Å². The van der Waals surface area contributed by atoms with Crippen molar-refractivity contribution in [3.8, 4) is 0 Å². The van der Waals surface area contributed by atoms with Crippen LogP contribution in [0.4, 0.5) is 14.9 Å². The fraction of sp³-hybridized carbons (Fsp3) is 0.200. The fourth-order valence-electron chi connectivity index (χ4n) is 1.03. The summed E-state index contributed by atoms with van der Waals surface area (Å²) in [5, 5.41) is 2.57. The van der Waals surface area contributed by atoms with Gasteiger partial charge in [0.25, 0.3) is 0 Å². The normalized spacial score (nSPS) is 9.69. The quantitative estimate of drug-likeness (QED) is 0.772. The van der Waals surface area contributed by atoms with Gasteiger partial charge in [-0.15, -0.1) is 0 Å². The van der Waals surface area contributed by atoms with E-state index in [1.165, 1.54) is 23.1 Å². The van der Waals surface area contributed by atoms with E-state index in [0.717, 1.165) is 0 Å². The Hall–Kier alpha value is -1.69. The average Bonchev–Trinajstić information content (AvgIpc) is 2.20. The van der Waals surface area contributed by atoms with Crippen LogP contribution >= 0.6 is 12.2 Å². The van der Waals surface area contributed by atoms with Gasteiger partial charge in [-0.2, -0.15) is 0 Å². The summed E-state index contributed by atoms with van der Waals surface area (Å²) >= 11 is 4.69. The van der Waals surface area contributed by atoms with Crippen molar-refractivity contribution in [3.63, 3.8) is 0 Å². The van der Waals surface area contributed by atoms with Gasteiger partial charge in [-0.05, 0) is 18.2 Å². The molecule has 1 aromatic carbocycles. The number of carbonyl (C=O) groups is 1. The Labute approximate surface area is 98.2 Å². The summed E-state index contributed by atoms with van der Waals surface area (Å²) in [7, 11) is 3.21. The topological polar surface area (TPSA) is 58.4 Å². The van der Waals surface area contributed by atoms with Gasteiger partial charge in [-0.1, -0.05) is 12.2 Å². The smallest absolute Gasteiger partial charge is 0.321 e. The number of amides is 2. The molecule has 1 rings (SSSR count). The van der Waals surface area contributed by atoms with Crippen molar-refractivity contribution in [2.75, 3.05) is 19.4 Å². The molecule has 0 aliphatic rings. The highest BCUT2D eigenvalue weighted by molar-refractivity contribution is 7.80. The summed E-state index contributed by atoms with van der Waals surface area (Å²) in [4.78, 5) is 12.7. The maximum Gasteiger partial charge on any atom is 0.321 e. The van der Waals surface area contributed by atoms with E-state index in [1.807, 2.05) is 0 Å². The second-order valence-corrected chi connectivity index (χ2v) is 3.82. The summed E-state index contributed by atoms with van der Waals surface area (Å²) in [6.45, 7) is 0. The minimum absolute atomic E-state index is 0.0431. The minimum Gasteiger partial charge on any atom is -0.389 e. The van der Waals surface area contributed by atoms with Gasteiger partial charge in [0.1, 0.15) is 10.8 Å². The average molecular weight is 241 g/mol. The van der Waals surface area contributed by atoms with Crippen LogP contribution in [0.15, 0.2) is 18.2 Å². The second-order valence-electron chi connectivity index (χ2n) is 3.38. The van der Waals surface area contributed by atoms with E-state index >= 15 is 0 Å². The molecule has 0 aliphatic heterocycles. The summed E-state index contributed by atoms with van der Waals surface area (Å²) in [6, 6.07) is 3.75. The van der Waals surface area contributed by atoms with Gasteiger partial charge in [-0.3, -0.25) is 0 Å². The first-order valence-electron chi connectivity index (χ1n) is 4.49. The first kappa shape index (κ1) is 12.4. The summed E-state index contributed by atoms with van der Waals surface area (Å²) < 4.78 is 13.2. The van der Waals surface area contributed by atoms with E-state index in [-0.39, 0.29) is 16.6 Å². The molecule has 0 aromatic heterocycles. The number of benzene rings is 1. The first-order chi connectivity index (χ1) is 7.41. The molecule has 2 amide bonds. The number of nitrogens with one attached hydrogen (secondary N) is 1. The predicted molar refractivity (Wildman–Crippen MR) is 65.0 cm³/mol. The van der Waals surface area contributed by atoms with Crippen molar-refractivity contribution in [2.24, 2.45) is 5.73 Å². The highest BCUT2D eigenvalue weighted by Crippen LogP contribution is 2.15. The number of urea groups is 1. The van der Waals surface area contributed by atoms with Crippen LogP contribution in [0.1, 0.15) is 5.56 Å². The number of carbonyl (C=O) groups excluding carboxylic acids is 1.